The smallest absolute Gasteiger partial charge is 0.134 e. The van der Waals surface area contributed by atoms with Crippen LogP contribution < -0.4 is 4.74 Å². The minimum atomic E-state index is -0.774. The molecule has 164 valence electrons. The molecule has 0 radical (unpaired) electrons. The van der Waals surface area contributed by atoms with Gasteiger partial charge in [-0.15, -0.1) is 0 Å². The van der Waals surface area contributed by atoms with Gasteiger partial charge in [-0.25, -0.2) is 9.97 Å². The van der Waals surface area contributed by atoms with Gasteiger partial charge in [0.15, 0.2) is 0 Å². The van der Waals surface area contributed by atoms with Crippen molar-refractivity contribution in [2.45, 2.75) is 31.3 Å². The Morgan fingerprint density at radius 3 is 2.69 bits per heavy atom. The average molecular weight is 448 g/mol. The normalized spacial score (nSPS) is 19.0. The Kier molecular flexibility index (Phi) is 5.96. The van der Waals surface area contributed by atoms with Crippen molar-refractivity contribution >= 4 is 17.4 Å². The molecule has 0 spiro atoms. The quantitative estimate of drug-likeness (QED) is 0.620. The lowest BCUT2D eigenvalue weighted by molar-refractivity contribution is -0.0254. The van der Waals surface area contributed by atoms with Gasteiger partial charge in [0.05, 0.1) is 16.9 Å². The predicted molar refractivity (Wildman–Crippen MR) is 126 cm³/mol. The first-order chi connectivity index (χ1) is 15.6. The number of benzene rings is 2. The zero-order chi connectivity index (χ0) is 22.0. The van der Waals surface area contributed by atoms with Gasteiger partial charge in [-0.2, -0.15) is 0 Å². The Morgan fingerprint density at radius 1 is 1.09 bits per heavy atom. The highest BCUT2D eigenvalue weighted by Gasteiger charge is 2.33. The van der Waals surface area contributed by atoms with Gasteiger partial charge in [-0.05, 0) is 49.1 Å². The molecule has 2 aliphatic rings. The predicted octanol–water partition coefficient (Wildman–Crippen LogP) is 4.83. The van der Waals surface area contributed by atoms with Crippen molar-refractivity contribution in [2.24, 2.45) is 0 Å². The summed E-state index contributed by atoms with van der Waals surface area (Å²) in [6, 6.07) is 15.7. The molecule has 6 heteroatoms. The molecule has 5 rings (SSSR count). The van der Waals surface area contributed by atoms with Crippen LogP contribution in [0.15, 0.2) is 67.1 Å². The van der Waals surface area contributed by atoms with E-state index in [0.29, 0.717) is 17.9 Å². The van der Waals surface area contributed by atoms with Gasteiger partial charge in [0, 0.05) is 42.8 Å². The number of rotatable bonds is 4. The molecule has 3 aromatic rings. The van der Waals surface area contributed by atoms with Crippen LogP contribution in [0.1, 0.15) is 41.6 Å². The molecule has 1 saturated heterocycles. The number of ether oxygens (including phenoxy) is 1. The van der Waals surface area contributed by atoms with Crippen LogP contribution in [-0.4, -0.2) is 39.6 Å². The second-order valence-corrected chi connectivity index (χ2v) is 8.94. The fourth-order valence-electron chi connectivity index (χ4n) is 4.53. The summed E-state index contributed by atoms with van der Waals surface area (Å²) in [5, 5.41) is 11.8. The number of halogens is 1. The van der Waals surface area contributed by atoms with Crippen molar-refractivity contribution in [3.8, 4) is 5.75 Å². The lowest BCUT2D eigenvalue weighted by Gasteiger charge is -2.38. The van der Waals surface area contributed by atoms with Gasteiger partial charge in [-0.1, -0.05) is 41.9 Å². The summed E-state index contributed by atoms with van der Waals surface area (Å²) < 4.78 is 6.29. The first-order valence-corrected chi connectivity index (χ1v) is 11.4. The van der Waals surface area contributed by atoms with Crippen LogP contribution in [0, 0.1) is 0 Å². The van der Waals surface area contributed by atoms with Gasteiger partial charge < -0.3 is 14.7 Å². The van der Waals surface area contributed by atoms with E-state index >= 15 is 0 Å². The van der Waals surface area contributed by atoms with E-state index < -0.39 is 5.60 Å². The molecule has 5 nitrogen and oxygen atoms in total. The fraction of sp³-hybridized carbons (Fsp3) is 0.308. The van der Waals surface area contributed by atoms with Crippen molar-refractivity contribution in [2.75, 3.05) is 19.6 Å². The van der Waals surface area contributed by atoms with E-state index in [-0.39, 0.29) is 0 Å². The zero-order valence-electron chi connectivity index (χ0n) is 17.9. The number of likely N-dealkylation sites (tertiary alicyclic amines) is 1. The third-order valence-electron chi connectivity index (χ3n) is 6.45. The van der Waals surface area contributed by atoms with Crippen molar-refractivity contribution in [3.63, 3.8) is 0 Å². The highest BCUT2D eigenvalue weighted by molar-refractivity contribution is 6.30. The van der Waals surface area contributed by atoms with Crippen LogP contribution >= 0.6 is 11.6 Å². The van der Waals surface area contributed by atoms with Crippen LogP contribution in [0.5, 0.6) is 5.75 Å². The Balaban J connectivity index is 1.25. The molecule has 2 aliphatic heterocycles. The van der Waals surface area contributed by atoms with Gasteiger partial charge in [-0.3, -0.25) is 0 Å². The molecule has 0 aliphatic carbocycles. The molecule has 2 aromatic carbocycles. The number of para-hydroxylation sites is 1. The van der Waals surface area contributed by atoms with E-state index in [0.717, 1.165) is 66.4 Å². The molecule has 32 heavy (non-hydrogen) atoms. The van der Waals surface area contributed by atoms with Crippen LogP contribution in [0.2, 0.25) is 5.02 Å². The molecule has 0 bridgehead atoms. The molecule has 1 N–H and O–H groups in total. The number of piperidine rings is 1. The molecular formula is C26H26ClN3O2. The summed E-state index contributed by atoms with van der Waals surface area (Å²) in [6.07, 6.45) is 8.60. The van der Waals surface area contributed by atoms with Crippen LogP contribution in [0.25, 0.3) is 5.76 Å². The summed E-state index contributed by atoms with van der Waals surface area (Å²) in [7, 11) is 0. The maximum atomic E-state index is 11.1. The van der Waals surface area contributed by atoms with E-state index in [2.05, 4.69) is 27.0 Å². The third kappa shape index (κ3) is 4.42. The second kappa shape index (κ2) is 9.02. The number of fused-ring (bicyclic) bond motifs is 2. The van der Waals surface area contributed by atoms with E-state index in [9.17, 15) is 5.11 Å². The van der Waals surface area contributed by atoms with Gasteiger partial charge in [0.25, 0.3) is 0 Å². The molecular weight excluding hydrogens is 422 g/mol. The summed E-state index contributed by atoms with van der Waals surface area (Å²) >= 11 is 6.00. The summed E-state index contributed by atoms with van der Waals surface area (Å²) in [5.41, 5.74) is 3.25. The van der Waals surface area contributed by atoms with E-state index in [4.69, 9.17) is 16.3 Å². The summed E-state index contributed by atoms with van der Waals surface area (Å²) in [6.45, 7) is 2.62. The average Bonchev–Trinajstić information content (AvgIpc) is 2.97. The molecule has 0 amide bonds. The lowest BCUT2D eigenvalue weighted by atomic mass is 9.84. The highest BCUT2D eigenvalue weighted by Crippen LogP contribution is 2.34. The van der Waals surface area contributed by atoms with Gasteiger partial charge in [0.2, 0.25) is 0 Å². The van der Waals surface area contributed by atoms with Crippen molar-refractivity contribution < 1.29 is 9.84 Å². The number of aromatic nitrogens is 2. The Morgan fingerprint density at radius 2 is 1.88 bits per heavy atom. The Bertz CT molecular complexity index is 1120. The first-order valence-electron chi connectivity index (χ1n) is 11.1. The minimum Gasteiger partial charge on any atom is -0.457 e. The topological polar surface area (TPSA) is 58.5 Å². The third-order valence-corrected chi connectivity index (χ3v) is 6.70. The SMILES string of the molecule is OC1(c2ccc(Cl)cc2)CCN(CC/C=C2\Oc3ccccc3Cc3ncncc32)CC1. The number of hydrogen-bond acceptors (Lipinski definition) is 5. The summed E-state index contributed by atoms with van der Waals surface area (Å²) in [4.78, 5) is 11.1. The standard InChI is InChI=1S/C26H26ClN3O2/c27-21-9-7-20(8-10-21)26(31)11-14-30(15-12-26)13-3-6-25-22-17-28-18-29-23(22)16-19-4-1-2-5-24(19)32-25/h1-2,4-10,17-18,31H,3,11-16H2/b25-6-. The van der Waals surface area contributed by atoms with Crippen LogP contribution in [0.4, 0.5) is 0 Å². The Hall–Kier alpha value is -2.73. The van der Waals surface area contributed by atoms with Crippen LogP contribution in [-0.2, 0) is 12.0 Å². The minimum absolute atomic E-state index is 0.693. The molecule has 1 aromatic heterocycles. The molecule has 0 saturated carbocycles. The number of aliphatic hydroxyl groups is 1. The van der Waals surface area contributed by atoms with Gasteiger partial charge >= 0.3 is 0 Å². The molecule has 3 heterocycles. The van der Waals surface area contributed by atoms with Crippen molar-refractivity contribution in [3.05, 3.63) is 94.5 Å². The fourth-order valence-corrected chi connectivity index (χ4v) is 4.66. The second-order valence-electron chi connectivity index (χ2n) is 8.51. The van der Waals surface area contributed by atoms with Crippen molar-refractivity contribution in [1.29, 1.82) is 0 Å². The maximum Gasteiger partial charge on any atom is 0.134 e. The van der Waals surface area contributed by atoms with E-state index in [1.54, 1.807) is 6.33 Å². The lowest BCUT2D eigenvalue weighted by Crippen LogP contribution is -2.42. The first kappa shape index (κ1) is 21.1. The monoisotopic (exact) mass is 447 g/mol. The van der Waals surface area contributed by atoms with Crippen LogP contribution in [0.3, 0.4) is 0 Å². The van der Waals surface area contributed by atoms with Crippen molar-refractivity contribution in [1.82, 2.24) is 14.9 Å². The maximum absolute atomic E-state index is 11.1. The zero-order valence-corrected chi connectivity index (χ0v) is 18.6. The van der Waals surface area contributed by atoms with Gasteiger partial charge in [0.1, 0.15) is 17.8 Å². The van der Waals surface area contributed by atoms with E-state index in [1.165, 1.54) is 0 Å². The molecule has 0 atom stereocenters. The number of nitrogens with zero attached hydrogens (tertiary/aromatic N) is 3. The highest BCUT2D eigenvalue weighted by atomic mass is 35.5. The summed E-state index contributed by atoms with van der Waals surface area (Å²) in [5.74, 6) is 1.70. The van der Waals surface area contributed by atoms with E-state index in [1.807, 2.05) is 48.7 Å². The Labute approximate surface area is 193 Å². The largest absolute Gasteiger partial charge is 0.457 e. The molecule has 0 unspecified atom stereocenters. The molecule has 1 fully saturated rings. The number of hydrogen-bond donors (Lipinski definition) is 1.